The van der Waals surface area contributed by atoms with E-state index >= 15 is 0 Å². The van der Waals surface area contributed by atoms with Gasteiger partial charge in [-0.25, -0.2) is 14.6 Å². The molecule has 1 aliphatic rings. The quantitative estimate of drug-likeness (QED) is 0.0259. The number of ether oxygens (including phenoxy) is 4. The lowest BCUT2D eigenvalue weighted by molar-refractivity contribution is -0.184. The van der Waals surface area contributed by atoms with Gasteiger partial charge in [0.25, 0.3) is 5.91 Å². The van der Waals surface area contributed by atoms with Crippen LogP contribution in [-0.4, -0.2) is 66.4 Å². The van der Waals surface area contributed by atoms with Gasteiger partial charge in [-0.15, -0.1) is 0 Å². The number of carbonyl (C=O) groups is 4. The lowest BCUT2D eigenvalue weighted by Gasteiger charge is -2.26. The van der Waals surface area contributed by atoms with Crippen molar-refractivity contribution in [2.24, 2.45) is 17.3 Å². The Morgan fingerprint density at radius 3 is 2.31 bits per heavy atom. The van der Waals surface area contributed by atoms with E-state index in [-0.39, 0.29) is 40.5 Å². The van der Waals surface area contributed by atoms with E-state index in [9.17, 15) is 24.3 Å². The first-order chi connectivity index (χ1) is 27.6. The van der Waals surface area contributed by atoms with E-state index in [0.717, 1.165) is 38.5 Å². The van der Waals surface area contributed by atoms with E-state index < -0.39 is 47.8 Å². The number of unbranched alkanes of at least 4 members (excludes halogenated alkanes) is 3. The predicted molar refractivity (Wildman–Crippen MR) is 221 cm³/mol. The molecule has 2 atom stereocenters. The van der Waals surface area contributed by atoms with E-state index in [1.54, 1.807) is 83.1 Å². The molecule has 58 heavy (non-hydrogen) atoms. The molecular formula is C44H57N5O9. The number of alkyl carbamates (subject to hydrolysis) is 1. The van der Waals surface area contributed by atoms with Gasteiger partial charge in [-0.3, -0.25) is 25.6 Å². The molecule has 0 aliphatic heterocycles. The van der Waals surface area contributed by atoms with E-state index in [1.165, 1.54) is 13.2 Å². The summed E-state index contributed by atoms with van der Waals surface area (Å²) in [6.45, 7) is 15.3. The van der Waals surface area contributed by atoms with E-state index in [4.69, 9.17) is 24.4 Å². The monoisotopic (exact) mass is 799 g/mol. The van der Waals surface area contributed by atoms with Gasteiger partial charge in [0, 0.05) is 46.0 Å². The fourth-order valence-corrected chi connectivity index (χ4v) is 5.61. The van der Waals surface area contributed by atoms with Gasteiger partial charge < -0.3 is 29.4 Å². The first-order valence-corrected chi connectivity index (χ1v) is 19.7. The van der Waals surface area contributed by atoms with Gasteiger partial charge in [-0.1, -0.05) is 52.7 Å². The fourth-order valence-electron chi connectivity index (χ4n) is 5.61. The van der Waals surface area contributed by atoms with Gasteiger partial charge in [0.1, 0.15) is 17.8 Å². The molecule has 4 rings (SSSR count). The summed E-state index contributed by atoms with van der Waals surface area (Å²) >= 11 is 0. The average molecular weight is 800 g/mol. The van der Waals surface area contributed by atoms with Crippen molar-refractivity contribution in [3.63, 3.8) is 0 Å². The number of benzene rings is 2. The van der Waals surface area contributed by atoms with Crippen LogP contribution in [0.25, 0.3) is 17.2 Å². The molecule has 0 radical (unpaired) electrons. The number of rotatable bonds is 19. The highest BCUT2D eigenvalue weighted by Gasteiger charge is 2.32. The third kappa shape index (κ3) is 12.7. The van der Waals surface area contributed by atoms with Crippen molar-refractivity contribution in [2.75, 3.05) is 25.6 Å². The molecule has 5 N–H and O–H groups in total. The number of amidine groups is 1. The largest absolute Gasteiger partial charge is 0.496 e. The summed E-state index contributed by atoms with van der Waals surface area (Å²) in [6.07, 6.45) is 4.27. The molecule has 1 aromatic heterocycles. The number of aliphatic hydroxyl groups excluding tert-OH is 1. The van der Waals surface area contributed by atoms with Crippen molar-refractivity contribution >= 4 is 41.5 Å². The number of amides is 2. The molecule has 2 amide bonds. The number of pyridine rings is 1. The average Bonchev–Trinajstić information content (AvgIpc) is 4.03. The van der Waals surface area contributed by atoms with Crippen LogP contribution >= 0.6 is 0 Å². The molecular weight excluding hydrogens is 743 g/mol. The van der Waals surface area contributed by atoms with Crippen LogP contribution in [0.5, 0.6) is 5.75 Å². The molecule has 14 nitrogen and oxygen atoms in total. The molecule has 1 aliphatic carbocycles. The third-order valence-electron chi connectivity index (χ3n) is 9.30. The van der Waals surface area contributed by atoms with Crippen molar-refractivity contribution < 1.29 is 43.2 Å². The molecule has 2 unspecified atom stereocenters. The fraction of sp³-hybridized carbons (Fsp3) is 0.455. The second-order valence-electron chi connectivity index (χ2n) is 15.6. The summed E-state index contributed by atoms with van der Waals surface area (Å²) in [5.41, 5.74) is 0.832. The molecule has 2 aromatic carbocycles. The summed E-state index contributed by atoms with van der Waals surface area (Å²) < 4.78 is 22.2. The van der Waals surface area contributed by atoms with Crippen LogP contribution in [0.2, 0.25) is 0 Å². The summed E-state index contributed by atoms with van der Waals surface area (Å²) in [4.78, 5) is 57.9. The molecule has 312 valence electrons. The van der Waals surface area contributed by atoms with Crippen LogP contribution < -0.4 is 20.7 Å². The molecule has 3 aromatic rings. The van der Waals surface area contributed by atoms with Gasteiger partial charge in [0.05, 0.1) is 24.8 Å². The molecule has 14 heteroatoms. The van der Waals surface area contributed by atoms with Crippen LogP contribution in [0.15, 0.2) is 55.1 Å². The zero-order valence-electron chi connectivity index (χ0n) is 34.5. The number of aliphatic hydroxyl groups is 1. The molecule has 0 spiro atoms. The van der Waals surface area contributed by atoms with Crippen LogP contribution in [0.4, 0.5) is 10.5 Å². The second-order valence-corrected chi connectivity index (χ2v) is 15.6. The molecule has 1 fully saturated rings. The van der Waals surface area contributed by atoms with Gasteiger partial charge in [0.2, 0.25) is 6.29 Å². The first kappa shape index (κ1) is 45.1. The van der Waals surface area contributed by atoms with Crippen molar-refractivity contribution in [1.82, 2.24) is 15.6 Å². The smallest absolute Gasteiger partial charge is 0.412 e. The van der Waals surface area contributed by atoms with Gasteiger partial charge in [0.15, 0.2) is 5.69 Å². The minimum atomic E-state index is -1.27. The first-order valence-electron chi connectivity index (χ1n) is 19.7. The highest BCUT2D eigenvalue weighted by atomic mass is 16.7. The number of hydrogen-bond acceptors (Lipinski definition) is 12. The zero-order chi connectivity index (χ0) is 42.6. The Morgan fingerprint density at radius 2 is 1.71 bits per heavy atom. The number of anilines is 1. The molecule has 0 bridgehead atoms. The maximum atomic E-state index is 14.2. The number of hydrogen-bond donors (Lipinski definition) is 5. The maximum absolute atomic E-state index is 14.2. The molecule has 1 saturated carbocycles. The Morgan fingerprint density at radius 1 is 1.00 bits per heavy atom. The van der Waals surface area contributed by atoms with E-state index in [2.05, 4.69) is 34.4 Å². The standard InChI is InChI=1S/C44H57N5O9/c1-9-11-12-13-22-56-43(54)49-37(45)29-16-18-30(19-17-29)47-38(50)33-23-28(10-2)35(55-8)24-32(33)31-20-21-34(39(51)46-25-27-14-15-27)48-36(31)40(52)57-41(26(3)4)58-42(53)44(5,6)7/h10,16-21,23-24,26-27,39,41,46,51H,2,9,11-15,22,25H2,1,3-8H3,(H,47,50)(H2,45,49,54). The topological polar surface area (TPSA) is 198 Å². The summed E-state index contributed by atoms with van der Waals surface area (Å²) in [6, 6.07) is 12.6. The van der Waals surface area contributed by atoms with Gasteiger partial charge in [-0.2, -0.15) is 0 Å². The Kier molecular flexibility index (Phi) is 16.1. The Labute approximate surface area is 340 Å². The summed E-state index contributed by atoms with van der Waals surface area (Å²) in [5, 5.41) is 27.7. The highest BCUT2D eigenvalue weighted by Crippen LogP contribution is 2.36. The third-order valence-corrected chi connectivity index (χ3v) is 9.30. The zero-order valence-corrected chi connectivity index (χ0v) is 34.5. The molecule has 1 heterocycles. The number of aromatic nitrogens is 1. The maximum Gasteiger partial charge on any atom is 0.412 e. The summed E-state index contributed by atoms with van der Waals surface area (Å²) in [5.74, 6) is -1.87. The lowest BCUT2D eigenvalue weighted by atomic mass is 9.94. The number of methoxy groups -OCH3 is 1. The second kappa shape index (κ2) is 20.7. The van der Waals surface area contributed by atoms with Crippen molar-refractivity contribution in [3.8, 4) is 16.9 Å². The Bertz CT molecular complexity index is 1950. The Balaban J connectivity index is 1.68. The van der Waals surface area contributed by atoms with Gasteiger partial charge in [-0.05, 0) is 94.5 Å². The van der Waals surface area contributed by atoms with Crippen molar-refractivity contribution in [1.29, 1.82) is 5.41 Å². The van der Waals surface area contributed by atoms with Crippen LogP contribution in [0, 0.1) is 22.7 Å². The lowest BCUT2D eigenvalue weighted by Crippen LogP contribution is -2.34. The number of nitrogens with one attached hydrogen (secondary N) is 4. The SMILES string of the molecule is C=Cc1cc(C(=O)Nc2ccc(C(=N)NC(=O)OCCCCCC)cc2)c(-c2ccc(C(O)NCC3CC3)nc2C(=O)OC(OC(=O)C(C)(C)C)C(C)C)cc1OC. The highest BCUT2D eigenvalue weighted by molar-refractivity contribution is 6.11. The van der Waals surface area contributed by atoms with Crippen molar-refractivity contribution in [2.45, 2.75) is 92.6 Å². The van der Waals surface area contributed by atoms with Crippen LogP contribution in [-0.2, 0) is 19.0 Å². The van der Waals surface area contributed by atoms with Crippen LogP contribution in [0.3, 0.4) is 0 Å². The number of nitrogens with zero attached hydrogens (tertiary/aromatic N) is 1. The Hall–Kier alpha value is -5.60. The van der Waals surface area contributed by atoms with Crippen molar-refractivity contribution in [3.05, 3.63) is 83.2 Å². The van der Waals surface area contributed by atoms with Crippen LogP contribution in [0.1, 0.15) is 124 Å². The van der Waals surface area contributed by atoms with E-state index in [0.29, 0.717) is 35.0 Å². The number of esters is 2. The van der Waals surface area contributed by atoms with E-state index in [1.807, 2.05) is 0 Å². The predicted octanol–water partition coefficient (Wildman–Crippen LogP) is 8.00. The van der Waals surface area contributed by atoms with Gasteiger partial charge >= 0.3 is 18.0 Å². The summed E-state index contributed by atoms with van der Waals surface area (Å²) in [7, 11) is 1.46. The molecule has 0 saturated heterocycles. The minimum Gasteiger partial charge on any atom is -0.496 e. The minimum absolute atomic E-state index is 0.117. The normalized spacial score (nSPS) is 13.5. The number of carbonyl (C=O) groups excluding carboxylic acids is 4.